The van der Waals surface area contributed by atoms with E-state index in [4.69, 9.17) is 0 Å². The van der Waals surface area contributed by atoms with E-state index >= 15 is 0 Å². The lowest BCUT2D eigenvalue weighted by Gasteiger charge is -2.28. The van der Waals surface area contributed by atoms with Gasteiger partial charge in [-0.15, -0.1) is 0 Å². The molecule has 1 aliphatic heterocycles. The molecule has 0 fully saturated rings. The quantitative estimate of drug-likeness (QED) is 0.641. The number of rotatable bonds is 3. The number of nitriles is 1. The number of carbonyl (C=O) groups is 1. The van der Waals surface area contributed by atoms with Crippen LogP contribution < -0.4 is 4.90 Å². The molecule has 0 aromatic heterocycles. The van der Waals surface area contributed by atoms with Gasteiger partial charge in [0.05, 0.1) is 0 Å². The third-order valence-electron chi connectivity index (χ3n) is 4.49. The predicted molar refractivity (Wildman–Crippen MR) is 99.9 cm³/mol. The first-order valence-electron chi connectivity index (χ1n) is 8.34. The standard InChI is InChI=1S/C21H21N3O/c1-23(2)20-9-7-16(8-10-20)13-19(14-22)21(25)24-12-11-17-5-3-4-6-18(17)15-24/h3-10,13H,11-12,15H2,1-2H3. The van der Waals surface area contributed by atoms with Crippen LogP contribution in [0.25, 0.3) is 6.08 Å². The summed E-state index contributed by atoms with van der Waals surface area (Å²) in [7, 11) is 3.95. The zero-order valence-corrected chi connectivity index (χ0v) is 14.6. The maximum absolute atomic E-state index is 12.7. The monoisotopic (exact) mass is 331 g/mol. The number of nitrogens with zero attached hydrogens (tertiary/aromatic N) is 3. The second-order valence-electron chi connectivity index (χ2n) is 6.40. The molecule has 1 amide bonds. The number of amides is 1. The van der Waals surface area contributed by atoms with Gasteiger partial charge in [0.1, 0.15) is 11.6 Å². The molecule has 4 heteroatoms. The maximum Gasteiger partial charge on any atom is 0.264 e. The molecule has 0 bridgehead atoms. The van der Waals surface area contributed by atoms with Gasteiger partial charge in [-0.2, -0.15) is 5.26 Å². The third kappa shape index (κ3) is 3.72. The Balaban J connectivity index is 1.79. The largest absolute Gasteiger partial charge is 0.378 e. The Morgan fingerprint density at radius 1 is 1.12 bits per heavy atom. The molecule has 1 aliphatic rings. The van der Waals surface area contributed by atoms with Crippen LogP contribution in [0.15, 0.2) is 54.1 Å². The Morgan fingerprint density at radius 2 is 1.80 bits per heavy atom. The van der Waals surface area contributed by atoms with Gasteiger partial charge in [-0.1, -0.05) is 36.4 Å². The summed E-state index contributed by atoms with van der Waals surface area (Å²) in [5.74, 6) is -0.200. The molecule has 0 atom stereocenters. The fraction of sp³-hybridized carbons (Fsp3) is 0.238. The van der Waals surface area contributed by atoms with E-state index in [0.717, 1.165) is 23.2 Å². The summed E-state index contributed by atoms with van der Waals surface area (Å²) < 4.78 is 0. The van der Waals surface area contributed by atoms with Crippen LogP contribution in [0.1, 0.15) is 16.7 Å². The van der Waals surface area contributed by atoms with E-state index in [2.05, 4.69) is 12.1 Å². The number of benzene rings is 2. The van der Waals surface area contributed by atoms with E-state index in [-0.39, 0.29) is 11.5 Å². The molecule has 2 aromatic rings. The highest BCUT2D eigenvalue weighted by Crippen LogP contribution is 2.21. The van der Waals surface area contributed by atoms with Crippen molar-refractivity contribution in [3.05, 3.63) is 70.8 Å². The number of hydrogen-bond donors (Lipinski definition) is 0. The second kappa shape index (κ2) is 7.23. The van der Waals surface area contributed by atoms with Crippen molar-refractivity contribution in [2.75, 3.05) is 25.5 Å². The van der Waals surface area contributed by atoms with Gasteiger partial charge in [0, 0.05) is 32.9 Å². The van der Waals surface area contributed by atoms with Crippen LogP contribution in [0, 0.1) is 11.3 Å². The lowest BCUT2D eigenvalue weighted by atomic mass is 9.99. The van der Waals surface area contributed by atoms with E-state index in [1.165, 1.54) is 5.56 Å². The van der Waals surface area contributed by atoms with Gasteiger partial charge >= 0.3 is 0 Å². The van der Waals surface area contributed by atoms with Crippen molar-refractivity contribution in [2.45, 2.75) is 13.0 Å². The summed E-state index contributed by atoms with van der Waals surface area (Å²) in [5.41, 5.74) is 4.56. The first-order valence-corrected chi connectivity index (χ1v) is 8.34. The zero-order chi connectivity index (χ0) is 17.8. The second-order valence-corrected chi connectivity index (χ2v) is 6.40. The van der Waals surface area contributed by atoms with Crippen LogP contribution in [0.3, 0.4) is 0 Å². The van der Waals surface area contributed by atoms with E-state index in [1.807, 2.05) is 61.5 Å². The summed E-state index contributed by atoms with van der Waals surface area (Å²) in [6, 6.07) is 18.0. The lowest BCUT2D eigenvalue weighted by Crippen LogP contribution is -2.36. The van der Waals surface area contributed by atoms with Crippen molar-refractivity contribution >= 4 is 17.7 Å². The topological polar surface area (TPSA) is 47.3 Å². The molecule has 0 aliphatic carbocycles. The zero-order valence-electron chi connectivity index (χ0n) is 14.6. The molecule has 1 heterocycles. The van der Waals surface area contributed by atoms with Crippen molar-refractivity contribution in [3.8, 4) is 6.07 Å². The lowest BCUT2D eigenvalue weighted by molar-refractivity contribution is -0.127. The molecule has 3 rings (SSSR count). The Morgan fingerprint density at radius 3 is 2.44 bits per heavy atom. The minimum absolute atomic E-state index is 0.178. The van der Waals surface area contributed by atoms with E-state index in [0.29, 0.717) is 13.1 Å². The Bertz CT molecular complexity index is 844. The van der Waals surface area contributed by atoms with Crippen LogP contribution >= 0.6 is 0 Å². The van der Waals surface area contributed by atoms with Crippen molar-refractivity contribution < 1.29 is 4.79 Å². The molecule has 2 aromatic carbocycles. The minimum Gasteiger partial charge on any atom is -0.378 e. The number of carbonyl (C=O) groups excluding carboxylic acids is 1. The Kier molecular flexibility index (Phi) is 4.85. The summed E-state index contributed by atoms with van der Waals surface area (Å²) >= 11 is 0. The van der Waals surface area contributed by atoms with Crippen LogP contribution in [-0.4, -0.2) is 31.4 Å². The van der Waals surface area contributed by atoms with E-state index in [9.17, 15) is 10.1 Å². The van der Waals surface area contributed by atoms with Gasteiger partial charge in [0.15, 0.2) is 0 Å². The smallest absolute Gasteiger partial charge is 0.264 e. The Labute approximate surface area is 148 Å². The van der Waals surface area contributed by atoms with Gasteiger partial charge in [-0.3, -0.25) is 4.79 Å². The SMILES string of the molecule is CN(C)c1ccc(C=C(C#N)C(=O)N2CCc3ccccc3C2)cc1. The third-order valence-corrected chi connectivity index (χ3v) is 4.49. The van der Waals surface area contributed by atoms with Crippen molar-refractivity contribution in [3.63, 3.8) is 0 Å². The Hall–Kier alpha value is -3.06. The van der Waals surface area contributed by atoms with E-state index < -0.39 is 0 Å². The summed E-state index contributed by atoms with van der Waals surface area (Å²) in [6.07, 6.45) is 2.50. The molecule has 126 valence electrons. The number of fused-ring (bicyclic) bond motifs is 1. The highest BCUT2D eigenvalue weighted by Gasteiger charge is 2.23. The molecule has 25 heavy (non-hydrogen) atoms. The fourth-order valence-corrected chi connectivity index (χ4v) is 3.02. The molecule has 0 unspecified atom stereocenters. The molecule has 4 nitrogen and oxygen atoms in total. The van der Waals surface area contributed by atoms with Crippen molar-refractivity contribution in [1.29, 1.82) is 5.26 Å². The average Bonchev–Trinajstić information content (AvgIpc) is 2.65. The number of anilines is 1. The summed E-state index contributed by atoms with van der Waals surface area (Å²) in [5, 5.41) is 9.45. The molecular formula is C21H21N3O. The highest BCUT2D eigenvalue weighted by atomic mass is 16.2. The van der Waals surface area contributed by atoms with Gasteiger partial charge in [-0.25, -0.2) is 0 Å². The number of hydrogen-bond acceptors (Lipinski definition) is 3. The van der Waals surface area contributed by atoms with Gasteiger partial charge in [0.25, 0.3) is 5.91 Å². The summed E-state index contributed by atoms with van der Waals surface area (Å²) in [4.78, 5) is 16.5. The molecule has 0 radical (unpaired) electrons. The van der Waals surface area contributed by atoms with Crippen LogP contribution in [0.4, 0.5) is 5.69 Å². The van der Waals surface area contributed by atoms with Crippen LogP contribution in [0.2, 0.25) is 0 Å². The highest BCUT2D eigenvalue weighted by molar-refractivity contribution is 6.01. The first-order chi connectivity index (χ1) is 12.1. The molecule has 0 spiro atoms. The molecular weight excluding hydrogens is 310 g/mol. The first kappa shape index (κ1) is 16.8. The van der Waals surface area contributed by atoms with Gasteiger partial charge in [0.2, 0.25) is 0 Å². The molecule has 0 saturated heterocycles. The minimum atomic E-state index is -0.200. The van der Waals surface area contributed by atoms with Crippen molar-refractivity contribution in [2.24, 2.45) is 0 Å². The molecule has 0 saturated carbocycles. The predicted octanol–water partition coefficient (Wildman–Crippen LogP) is 3.24. The summed E-state index contributed by atoms with van der Waals surface area (Å²) in [6.45, 7) is 1.21. The van der Waals surface area contributed by atoms with E-state index in [1.54, 1.807) is 11.0 Å². The maximum atomic E-state index is 12.7. The molecule has 0 N–H and O–H groups in total. The normalized spacial score (nSPS) is 13.8. The van der Waals surface area contributed by atoms with Gasteiger partial charge in [-0.05, 0) is 41.3 Å². The van der Waals surface area contributed by atoms with Crippen LogP contribution in [0.5, 0.6) is 0 Å². The fourth-order valence-electron chi connectivity index (χ4n) is 3.02. The van der Waals surface area contributed by atoms with Crippen molar-refractivity contribution in [1.82, 2.24) is 4.90 Å². The van der Waals surface area contributed by atoms with Crippen LogP contribution in [-0.2, 0) is 17.8 Å². The average molecular weight is 331 g/mol. The van der Waals surface area contributed by atoms with Gasteiger partial charge < -0.3 is 9.80 Å².